The van der Waals surface area contributed by atoms with Gasteiger partial charge in [0.1, 0.15) is 0 Å². The zero-order chi connectivity index (χ0) is 14.5. The van der Waals surface area contributed by atoms with Gasteiger partial charge in [0.25, 0.3) is 5.91 Å². The van der Waals surface area contributed by atoms with Gasteiger partial charge >= 0.3 is 0 Å². The Balaban J connectivity index is 3.58. The number of nitrogens with one attached hydrogen (secondary N) is 2. The first-order valence-corrected chi connectivity index (χ1v) is 6.45. The minimum absolute atomic E-state index is 0.105. The van der Waals surface area contributed by atoms with Gasteiger partial charge < -0.3 is 25.7 Å². The molecule has 0 aliphatic heterocycles. The van der Waals surface area contributed by atoms with Gasteiger partial charge in [-0.3, -0.25) is 4.79 Å². The summed E-state index contributed by atoms with van der Waals surface area (Å²) < 4.78 is 0. The second-order valence-corrected chi connectivity index (χ2v) is 4.37. The molecule has 7 heteroatoms. The van der Waals surface area contributed by atoms with Gasteiger partial charge in [0, 0.05) is 19.3 Å². The van der Waals surface area contributed by atoms with E-state index in [4.69, 9.17) is 9.94 Å². The summed E-state index contributed by atoms with van der Waals surface area (Å²) in [4.78, 5) is 16.1. The zero-order valence-electron chi connectivity index (χ0n) is 11.6. The van der Waals surface area contributed by atoms with Crippen molar-refractivity contribution in [2.75, 3.05) is 33.4 Å². The van der Waals surface area contributed by atoms with Gasteiger partial charge in [0.15, 0.2) is 6.61 Å². The van der Waals surface area contributed by atoms with Crippen LogP contribution in [-0.4, -0.2) is 61.8 Å². The first kappa shape index (κ1) is 17.8. The minimum atomic E-state index is -0.685. The summed E-state index contributed by atoms with van der Waals surface area (Å²) >= 11 is 0. The lowest BCUT2D eigenvalue weighted by atomic mass is 10.0. The van der Waals surface area contributed by atoms with Crippen LogP contribution >= 0.6 is 0 Å². The fraction of sp³-hybridized carbons (Fsp3) is 0.833. The zero-order valence-corrected chi connectivity index (χ0v) is 11.6. The van der Waals surface area contributed by atoms with Crippen LogP contribution in [0.4, 0.5) is 0 Å². The van der Waals surface area contributed by atoms with E-state index in [0.717, 1.165) is 0 Å². The van der Waals surface area contributed by atoms with Crippen LogP contribution in [0.3, 0.4) is 0 Å². The lowest BCUT2D eigenvalue weighted by molar-refractivity contribution is -0.125. The van der Waals surface area contributed by atoms with Crippen LogP contribution in [0.15, 0.2) is 5.16 Å². The van der Waals surface area contributed by atoms with Crippen molar-refractivity contribution in [3.05, 3.63) is 0 Å². The number of aliphatic hydroxyl groups is 2. The third-order valence-corrected chi connectivity index (χ3v) is 2.45. The van der Waals surface area contributed by atoms with E-state index in [1.54, 1.807) is 6.21 Å². The number of aliphatic hydroxyl groups excluding tert-OH is 2. The number of carbonyl (C=O) groups excluding carboxylic acids is 1. The molecule has 2 atom stereocenters. The first-order valence-electron chi connectivity index (χ1n) is 6.45. The Hall–Kier alpha value is -1.18. The third-order valence-electron chi connectivity index (χ3n) is 2.45. The van der Waals surface area contributed by atoms with Crippen LogP contribution in [0.1, 0.15) is 19.8 Å². The summed E-state index contributed by atoms with van der Waals surface area (Å²) in [5.74, 6) is -0.0932. The van der Waals surface area contributed by atoms with Crippen molar-refractivity contribution in [3.63, 3.8) is 0 Å². The first-order chi connectivity index (χ1) is 9.10. The molecule has 4 N–H and O–H groups in total. The minimum Gasteiger partial charge on any atom is -0.394 e. The maximum atomic E-state index is 11.2. The average molecular weight is 275 g/mol. The molecular formula is C12H25N3O4. The second kappa shape index (κ2) is 11.9. The van der Waals surface area contributed by atoms with Crippen LogP contribution in [0.5, 0.6) is 0 Å². The number of hydrogen-bond acceptors (Lipinski definition) is 6. The largest absolute Gasteiger partial charge is 0.394 e. The summed E-state index contributed by atoms with van der Waals surface area (Å²) in [7, 11) is 1.81. The highest BCUT2D eigenvalue weighted by Crippen LogP contribution is 2.05. The highest BCUT2D eigenvalue weighted by molar-refractivity contribution is 5.77. The molecule has 2 unspecified atom stereocenters. The van der Waals surface area contributed by atoms with Gasteiger partial charge in [0.05, 0.1) is 12.7 Å². The highest BCUT2D eigenvalue weighted by Gasteiger charge is 2.05. The van der Waals surface area contributed by atoms with E-state index >= 15 is 0 Å². The Morgan fingerprint density at radius 3 is 2.79 bits per heavy atom. The molecule has 112 valence electrons. The Morgan fingerprint density at radius 2 is 2.16 bits per heavy atom. The summed E-state index contributed by atoms with van der Waals surface area (Å²) in [6.45, 7) is 2.85. The number of nitrogens with zero attached hydrogens (tertiary/aromatic N) is 1. The molecule has 0 aliphatic carbocycles. The lowest BCUT2D eigenvalue weighted by Gasteiger charge is -2.09. The molecule has 1 amide bonds. The molecule has 0 aromatic heterocycles. The van der Waals surface area contributed by atoms with Gasteiger partial charge in [-0.05, 0) is 25.8 Å². The third kappa shape index (κ3) is 11.6. The van der Waals surface area contributed by atoms with Gasteiger partial charge in [-0.15, -0.1) is 0 Å². The van der Waals surface area contributed by atoms with E-state index in [2.05, 4.69) is 15.8 Å². The van der Waals surface area contributed by atoms with Crippen LogP contribution in [0, 0.1) is 5.92 Å². The predicted octanol–water partition coefficient (Wildman–Crippen LogP) is -0.906. The molecule has 0 saturated heterocycles. The highest BCUT2D eigenvalue weighted by atomic mass is 16.6. The maximum Gasteiger partial charge on any atom is 0.260 e. The van der Waals surface area contributed by atoms with Crippen LogP contribution in [0.2, 0.25) is 0 Å². The molecule has 0 spiro atoms. The molecule has 0 fully saturated rings. The number of amides is 1. The normalized spacial score (nSPS) is 14.3. The quantitative estimate of drug-likeness (QED) is 0.222. The smallest absolute Gasteiger partial charge is 0.260 e. The summed E-state index contributed by atoms with van der Waals surface area (Å²) in [5, 5.41) is 27.1. The second-order valence-electron chi connectivity index (χ2n) is 4.37. The van der Waals surface area contributed by atoms with E-state index in [9.17, 15) is 9.90 Å². The van der Waals surface area contributed by atoms with E-state index in [1.165, 1.54) is 0 Å². The molecule has 19 heavy (non-hydrogen) atoms. The molecule has 0 heterocycles. The van der Waals surface area contributed by atoms with Crippen LogP contribution in [0.25, 0.3) is 0 Å². The number of hydrogen-bond donors (Lipinski definition) is 4. The lowest BCUT2D eigenvalue weighted by Crippen LogP contribution is -2.32. The monoisotopic (exact) mass is 275 g/mol. The van der Waals surface area contributed by atoms with Crippen molar-refractivity contribution in [1.29, 1.82) is 0 Å². The van der Waals surface area contributed by atoms with Crippen LogP contribution in [-0.2, 0) is 9.63 Å². The molecule has 0 rings (SSSR count). The number of carbonyl (C=O) groups is 1. The van der Waals surface area contributed by atoms with E-state index in [-0.39, 0.29) is 25.0 Å². The van der Waals surface area contributed by atoms with E-state index in [0.29, 0.717) is 25.9 Å². The Kier molecular flexibility index (Phi) is 11.1. The summed E-state index contributed by atoms with van der Waals surface area (Å²) in [6, 6.07) is 0. The van der Waals surface area contributed by atoms with Crippen molar-refractivity contribution < 1.29 is 19.8 Å². The van der Waals surface area contributed by atoms with Gasteiger partial charge in [0.2, 0.25) is 0 Å². The van der Waals surface area contributed by atoms with Crippen molar-refractivity contribution in [2.24, 2.45) is 11.1 Å². The van der Waals surface area contributed by atoms with Crippen molar-refractivity contribution >= 4 is 12.1 Å². The molecule has 0 aromatic carbocycles. The molecular weight excluding hydrogens is 250 g/mol. The van der Waals surface area contributed by atoms with Crippen LogP contribution < -0.4 is 10.6 Å². The number of likely N-dealkylation sites (N-methyl/N-ethyl adjacent to an activating group) is 1. The SMILES string of the molecule is CNCCNC(=O)CO/N=C/C(C)CCC(O)CO. The molecule has 7 nitrogen and oxygen atoms in total. The Bertz CT molecular complexity index is 261. The van der Waals surface area contributed by atoms with Gasteiger partial charge in [-0.2, -0.15) is 0 Å². The van der Waals surface area contributed by atoms with E-state index in [1.807, 2.05) is 14.0 Å². The van der Waals surface area contributed by atoms with Gasteiger partial charge in [-0.1, -0.05) is 12.1 Å². The van der Waals surface area contributed by atoms with Crippen molar-refractivity contribution in [1.82, 2.24) is 10.6 Å². The Labute approximate surface area is 114 Å². The predicted molar refractivity (Wildman–Crippen MR) is 72.9 cm³/mol. The summed E-state index contributed by atoms with van der Waals surface area (Å²) in [6.07, 6.45) is 2.11. The van der Waals surface area contributed by atoms with Crippen molar-refractivity contribution in [3.8, 4) is 0 Å². The number of rotatable bonds is 11. The molecule has 0 radical (unpaired) electrons. The Morgan fingerprint density at radius 1 is 1.42 bits per heavy atom. The molecule has 0 bridgehead atoms. The fourth-order valence-electron chi connectivity index (χ4n) is 1.24. The summed E-state index contributed by atoms with van der Waals surface area (Å²) in [5.41, 5.74) is 0. The standard InChI is InChI=1S/C12H25N3O4/c1-10(3-4-11(17)8-16)7-15-19-9-12(18)14-6-5-13-2/h7,10-11,13,16-17H,3-6,8-9H2,1-2H3,(H,14,18)/b15-7+. The van der Waals surface area contributed by atoms with E-state index < -0.39 is 6.10 Å². The molecule has 0 saturated carbocycles. The fourth-order valence-corrected chi connectivity index (χ4v) is 1.24. The van der Waals surface area contributed by atoms with Gasteiger partial charge in [-0.25, -0.2) is 0 Å². The number of oxime groups is 1. The molecule has 0 aromatic rings. The molecule has 0 aliphatic rings. The average Bonchev–Trinajstić information content (AvgIpc) is 2.41. The topological polar surface area (TPSA) is 103 Å². The maximum absolute atomic E-state index is 11.2. The van der Waals surface area contributed by atoms with Crippen molar-refractivity contribution in [2.45, 2.75) is 25.9 Å².